The lowest BCUT2D eigenvalue weighted by Crippen LogP contribution is -2.28. The van der Waals surface area contributed by atoms with Gasteiger partial charge in [0.1, 0.15) is 0 Å². The van der Waals surface area contributed by atoms with Crippen molar-refractivity contribution in [2.45, 2.75) is 19.8 Å². The van der Waals surface area contributed by atoms with E-state index in [1.807, 2.05) is 31.2 Å². The van der Waals surface area contributed by atoms with Crippen LogP contribution >= 0.6 is 0 Å². The average Bonchev–Trinajstić information content (AvgIpc) is 2.34. The number of hydrogen-bond donors (Lipinski definition) is 1. The van der Waals surface area contributed by atoms with E-state index in [0.717, 1.165) is 12.0 Å². The van der Waals surface area contributed by atoms with Crippen molar-refractivity contribution in [3.63, 3.8) is 0 Å². The molecule has 0 saturated carbocycles. The van der Waals surface area contributed by atoms with Crippen LogP contribution in [0.15, 0.2) is 36.7 Å². The Labute approximate surface area is 103 Å². The van der Waals surface area contributed by atoms with E-state index < -0.39 is 10.0 Å². The number of aryl methyl sites for hydroxylation is 1. The highest BCUT2D eigenvalue weighted by molar-refractivity contribution is 7.89. The third kappa shape index (κ3) is 6.19. The fraction of sp³-hybridized carbons (Fsp3) is 0.417. The van der Waals surface area contributed by atoms with Gasteiger partial charge in [-0.2, -0.15) is 0 Å². The lowest BCUT2D eigenvalue weighted by molar-refractivity contribution is 0.581. The molecule has 17 heavy (non-hydrogen) atoms. The molecule has 0 amide bonds. The number of nitrogens with one attached hydrogen (secondary N) is 1. The molecule has 0 aromatic carbocycles. The van der Waals surface area contributed by atoms with Crippen LogP contribution in [-0.2, 0) is 16.4 Å². The molecule has 0 aliphatic carbocycles. The van der Waals surface area contributed by atoms with Crippen LogP contribution in [0.1, 0.15) is 18.9 Å². The highest BCUT2D eigenvalue weighted by Gasteiger charge is 2.08. The number of hydrogen-bond acceptors (Lipinski definition) is 3. The van der Waals surface area contributed by atoms with Gasteiger partial charge in [0.2, 0.25) is 10.0 Å². The molecule has 0 saturated heterocycles. The summed E-state index contributed by atoms with van der Waals surface area (Å²) in [5.41, 5.74) is 0.985. The lowest BCUT2D eigenvalue weighted by Gasteiger charge is -2.05. The van der Waals surface area contributed by atoms with Crippen molar-refractivity contribution in [1.29, 1.82) is 0 Å². The van der Waals surface area contributed by atoms with Gasteiger partial charge in [-0.3, -0.25) is 4.98 Å². The summed E-state index contributed by atoms with van der Waals surface area (Å²) in [5.74, 6) is 0.118. The minimum atomic E-state index is -3.16. The van der Waals surface area contributed by atoms with E-state index >= 15 is 0 Å². The van der Waals surface area contributed by atoms with Crippen molar-refractivity contribution < 1.29 is 8.42 Å². The van der Waals surface area contributed by atoms with Gasteiger partial charge in [-0.15, -0.1) is 0 Å². The van der Waals surface area contributed by atoms with Crippen molar-refractivity contribution in [1.82, 2.24) is 9.71 Å². The molecule has 94 valence electrons. The first kappa shape index (κ1) is 13.9. The van der Waals surface area contributed by atoms with Crippen LogP contribution < -0.4 is 4.72 Å². The van der Waals surface area contributed by atoms with E-state index in [-0.39, 0.29) is 5.75 Å². The first-order valence-corrected chi connectivity index (χ1v) is 7.26. The normalized spacial score (nSPS) is 12.1. The van der Waals surface area contributed by atoms with Crippen LogP contribution in [-0.4, -0.2) is 25.7 Å². The highest BCUT2D eigenvalue weighted by atomic mass is 32.2. The van der Waals surface area contributed by atoms with Gasteiger partial charge in [0.05, 0.1) is 5.75 Å². The first-order chi connectivity index (χ1) is 8.14. The second kappa shape index (κ2) is 7.19. The van der Waals surface area contributed by atoms with Gasteiger partial charge in [0, 0.05) is 18.9 Å². The minimum absolute atomic E-state index is 0.118. The van der Waals surface area contributed by atoms with E-state index in [0.29, 0.717) is 13.0 Å². The fourth-order valence-corrected chi connectivity index (χ4v) is 2.42. The lowest BCUT2D eigenvalue weighted by atomic mass is 10.2. The molecule has 1 aromatic heterocycles. The molecule has 1 aromatic rings. The third-order valence-electron chi connectivity index (χ3n) is 2.28. The zero-order chi connectivity index (χ0) is 12.6. The van der Waals surface area contributed by atoms with Gasteiger partial charge in [-0.05, 0) is 37.5 Å². The summed E-state index contributed by atoms with van der Waals surface area (Å²) in [6, 6.07) is 3.66. The molecular formula is C12H18N2O2S. The SMILES string of the molecule is C/C=C/CCNS(=O)(=O)CCc1ccncc1. The topological polar surface area (TPSA) is 59.1 Å². The molecule has 1 heterocycles. The maximum absolute atomic E-state index is 11.6. The number of allylic oxidation sites excluding steroid dienone is 1. The smallest absolute Gasteiger partial charge is 0.211 e. The van der Waals surface area contributed by atoms with Gasteiger partial charge >= 0.3 is 0 Å². The van der Waals surface area contributed by atoms with Gasteiger partial charge < -0.3 is 0 Å². The van der Waals surface area contributed by atoms with Gasteiger partial charge in [0.25, 0.3) is 0 Å². The van der Waals surface area contributed by atoms with Crippen molar-refractivity contribution in [3.8, 4) is 0 Å². The summed E-state index contributed by atoms with van der Waals surface area (Å²) < 4.78 is 25.8. The largest absolute Gasteiger partial charge is 0.265 e. The third-order valence-corrected chi connectivity index (χ3v) is 3.66. The predicted molar refractivity (Wildman–Crippen MR) is 69.2 cm³/mol. The molecule has 0 spiro atoms. The van der Waals surface area contributed by atoms with E-state index in [1.54, 1.807) is 12.4 Å². The second-order valence-corrected chi connectivity index (χ2v) is 5.60. The summed E-state index contributed by atoms with van der Waals surface area (Å²) in [7, 11) is -3.16. The molecule has 4 nitrogen and oxygen atoms in total. The van der Waals surface area contributed by atoms with E-state index in [2.05, 4.69) is 9.71 Å². The van der Waals surface area contributed by atoms with E-state index in [4.69, 9.17) is 0 Å². The summed E-state index contributed by atoms with van der Waals surface area (Å²) in [6.07, 6.45) is 8.42. The van der Waals surface area contributed by atoms with Crippen molar-refractivity contribution >= 4 is 10.0 Å². The molecule has 0 unspecified atom stereocenters. The van der Waals surface area contributed by atoms with Gasteiger partial charge in [-0.1, -0.05) is 12.2 Å². The number of sulfonamides is 1. The molecule has 5 heteroatoms. The Balaban J connectivity index is 2.34. The Morgan fingerprint density at radius 2 is 2.06 bits per heavy atom. The Morgan fingerprint density at radius 1 is 1.35 bits per heavy atom. The van der Waals surface area contributed by atoms with Crippen LogP contribution in [0.4, 0.5) is 0 Å². The predicted octanol–water partition coefficient (Wildman–Crippen LogP) is 1.51. The summed E-state index contributed by atoms with van der Waals surface area (Å²) >= 11 is 0. The van der Waals surface area contributed by atoms with Crippen molar-refractivity contribution in [3.05, 3.63) is 42.2 Å². The zero-order valence-corrected chi connectivity index (χ0v) is 10.8. The quantitative estimate of drug-likeness (QED) is 0.592. The van der Waals surface area contributed by atoms with Gasteiger partial charge in [-0.25, -0.2) is 13.1 Å². The number of rotatable bonds is 7. The van der Waals surface area contributed by atoms with Crippen LogP contribution in [0, 0.1) is 0 Å². The van der Waals surface area contributed by atoms with Crippen molar-refractivity contribution in [2.24, 2.45) is 0 Å². The maximum Gasteiger partial charge on any atom is 0.211 e. The Morgan fingerprint density at radius 3 is 2.71 bits per heavy atom. The van der Waals surface area contributed by atoms with Crippen molar-refractivity contribution in [2.75, 3.05) is 12.3 Å². The van der Waals surface area contributed by atoms with Crippen LogP contribution in [0.5, 0.6) is 0 Å². The maximum atomic E-state index is 11.6. The number of aromatic nitrogens is 1. The fourth-order valence-electron chi connectivity index (χ4n) is 1.34. The molecule has 0 radical (unpaired) electrons. The highest BCUT2D eigenvalue weighted by Crippen LogP contribution is 1.99. The zero-order valence-electron chi connectivity index (χ0n) is 9.96. The summed E-state index contributed by atoms with van der Waals surface area (Å²) in [6.45, 7) is 2.38. The first-order valence-electron chi connectivity index (χ1n) is 5.61. The molecule has 1 N–H and O–H groups in total. The average molecular weight is 254 g/mol. The van der Waals surface area contributed by atoms with Crippen LogP contribution in [0.2, 0.25) is 0 Å². The molecule has 0 atom stereocenters. The molecule has 0 fully saturated rings. The Hall–Kier alpha value is -1.20. The summed E-state index contributed by atoms with van der Waals surface area (Å²) in [5, 5.41) is 0. The number of pyridine rings is 1. The van der Waals surface area contributed by atoms with Gasteiger partial charge in [0.15, 0.2) is 0 Å². The van der Waals surface area contributed by atoms with E-state index in [9.17, 15) is 8.42 Å². The molecule has 0 bridgehead atoms. The Bertz CT molecular complexity index is 441. The molecular weight excluding hydrogens is 236 g/mol. The molecule has 1 rings (SSSR count). The van der Waals surface area contributed by atoms with E-state index in [1.165, 1.54) is 0 Å². The summed E-state index contributed by atoms with van der Waals surface area (Å²) in [4.78, 5) is 3.89. The monoisotopic (exact) mass is 254 g/mol. The second-order valence-electron chi connectivity index (χ2n) is 3.68. The molecule has 0 aliphatic rings. The van der Waals surface area contributed by atoms with Crippen LogP contribution in [0.25, 0.3) is 0 Å². The number of nitrogens with zero attached hydrogens (tertiary/aromatic N) is 1. The molecule has 0 aliphatic heterocycles. The van der Waals surface area contributed by atoms with Crippen LogP contribution in [0.3, 0.4) is 0 Å². The minimum Gasteiger partial charge on any atom is -0.265 e. The Kier molecular flexibility index (Phi) is 5.86. The standard InChI is InChI=1S/C12H18N2O2S/c1-2-3-4-8-14-17(15,16)11-7-12-5-9-13-10-6-12/h2-3,5-6,9-10,14H,4,7-8,11H2,1H3/b3-2+.